The lowest BCUT2D eigenvalue weighted by Gasteiger charge is -2.28. The molecule has 2 amide bonds. The van der Waals surface area contributed by atoms with Crippen LogP contribution in [0.25, 0.3) is 0 Å². The van der Waals surface area contributed by atoms with Crippen LogP contribution >= 0.6 is 11.3 Å². The van der Waals surface area contributed by atoms with Crippen molar-refractivity contribution in [1.29, 1.82) is 0 Å². The van der Waals surface area contributed by atoms with Gasteiger partial charge in [0.25, 0.3) is 0 Å². The minimum absolute atomic E-state index is 0.236. The van der Waals surface area contributed by atoms with Crippen LogP contribution in [-0.2, 0) is 21.0 Å². The molecule has 1 aromatic carbocycles. The molecule has 2 aliphatic rings. The Morgan fingerprint density at radius 1 is 1.35 bits per heavy atom. The molecule has 0 radical (unpaired) electrons. The highest BCUT2D eigenvalue weighted by atomic mass is 32.1. The Morgan fingerprint density at radius 2 is 2.12 bits per heavy atom. The van der Waals surface area contributed by atoms with E-state index >= 15 is 0 Å². The van der Waals surface area contributed by atoms with Gasteiger partial charge in [0.2, 0.25) is 0 Å². The Kier molecular flexibility index (Phi) is 4.21. The van der Waals surface area contributed by atoms with E-state index in [4.69, 9.17) is 9.57 Å². The lowest BCUT2D eigenvalue weighted by atomic mass is 9.99. The predicted octanol–water partition coefficient (Wildman–Crippen LogP) is 2.70. The first-order chi connectivity index (χ1) is 12.6. The molecule has 4 rings (SSSR count). The zero-order valence-electron chi connectivity index (χ0n) is 14.0. The maximum Gasteiger partial charge on any atom is 0.345 e. The first kappa shape index (κ1) is 16.7. The molecule has 1 saturated heterocycles. The van der Waals surface area contributed by atoms with Gasteiger partial charge in [0.15, 0.2) is 12.3 Å². The molecule has 26 heavy (non-hydrogen) atoms. The third-order valence-electron chi connectivity index (χ3n) is 4.57. The molecule has 134 valence electrons. The van der Waals surface area contributed by atoms with Crippen LogP contribution in [0, 0.1) is 0 Å². The number of carbonyl (C=O) groups excluding carboxylic acids is 3. The van der Waals surface area contributed by atoms with Crippen LogP contribution in [0.2, 0.25) is 0 Å². The number of esters is 1. The van der Waals surface area contributed by atoms with Gasteiger partial charge in [-0.15, -0.1) is 11.3 Å². The van der Waals surface area contributed by atoms with E-state index in [0.717, 1.165) is 17.4 Å². The van der Waals surface area contributed by atoms with Crippen LogP contribution in [0.1, 0.15) is 37.8 Å². The van der Waals surface area contributed by atoms with Crippen LogP contribution in [0.4, 0.5) is 4.79 Å². The average Bonchev–Trinajstić information content (AvgIpc) is 3.22. The highest BCUT2D eigenvalue weighted by molar-refractivity contribution is 7.14. The minimum atomic E-state index is -0.845. The minimum Gasteiger partial charge on any atom is -0.467 e. The molecule has 8 heteroatoms. The summed E-state index contributed by atoms with van der Waals surface area (Å²) in [6.07, 6.45) is 0.747. The van der Waals surface area contributed by atoms with Crippen molar-refractivity contribution in [2.45, 2.75) is 18.7 Å². The van der Waals surface area contributed by atoms with Crippen molar-refractivity contribution in [3.8, 4) is 0 Å². The van der Waals surface area contributed by atoms with Crippen LogP contribution in [0.5, 0.6) is 0 Å². The molecule has 0 unspecified atom stereocenters. The molecule has 0 spiro atoms. The Balaban J connectivity index is 1.67. The van der Waals surface area contributed by atoms with E-state index in [9.17, 15) is 14.4 Å². The van der Waals surface area contributed by atoms with Gasteiger partial charge >= 0.3 is 12.0 Å². The third-order valence-corrected chi connectivity index (χ3v) is 5.70. The lowest BCUT2D eigenvalue weighted by Crippen LogP contribution is -2.38. The number of hydrogen-bond acceptors (Lipinski definition) is 6. The summed E-state index contributed by atoms with van der Waals surface area (Å²) < 4.78 is 4.88. The van der Waals surface area contributed by atoms with Crippen LogP contribution in [0.15, 0.2) is 36.4 Å². The van der Waals surface area contributed by atoms with Crippen LogP contribution < -0.4 is 0 Å². The van der Waals surface area contributed by atoms with Gasteiger partial charge in [0, 0.05) is 4.88 Å². The average molecular weight is 372 g/mol. The molecular weight excluding hydrogens is 356 g/mol. The van der Waals surface area contributed by atoms with Gasteiger partial charge in [-0.1, -0.05) is 30.3 Å². The molecule has 2 aliphatic heterocycles. The van der Waals surface area contributed by atoms with E-state index in [1.54, 1.807) is 6.07 Å². The Morgan fingerprint density at radius 3 is 2.81 bits per heavy atom. The predicted molar refractivity (Wildman–Crippen MR) is 92.4 cm³/mol. The summed E-state index contributed by atoms with van der Waals surface area (Å²) in [4.78, 5) is 44.7. The number of hydrogen-bond donors (Lipinski definition) is 0. The van der Waals surface area contributed by atoms with Gasteiger partial charge < -0.3 is 9.64 Å². The number of methoxy groups -OCH3 is 1. The topological polar surface area (TPSA) is 76.2 Å². The number of amides is 2. The van der Waals surface area contributed by atoms with Gasteiger partial charge in [0.1, 0.15) is 12.6 Å². The van der Waals surface area contributed by atoms with Crippen molar-refractivity contribution >= 4 is 29.6 Å². The molecule has 1 fully saturated rings. The molecule has 2 bridgehead atoms. The summed E-state index contributed by atoms with van der Waals surface area (Å²) in [7, 11) is 1.28. The van der Waals surface area contributed by atoms with Gasteiger partial charge in [-0.25, -0.2) is 9.59 Å². The number of fused-ring (bicyclic) bond motifs is 4. The zero-order valence-corrected chi connectivity index (χ0v) is 14.8. The number of nitrogens with zero attached hydrogens (tertiary/aromatic N) is 2. The molecule has 2 atom stereocenters. The number of rotatable bonds is 5. The van der Waals surface area contributed by atoms with E-state index in [0.29, 0.717) is 16.3 Å². The fourth-order valence-electron chi connectivity index (χ4n) is 3.36. The second-order valence-corrected chi connectivity index (χ2v) is 7.16. The number of urea groups is 1. The molecule has 0 saturated carbocycles. The van der Waals surface area contributed by atoms with Crippen LogP contribution in [-0.4, -0.2) is 41.9 Å². The monoisotopic (exact) mass is 372 g/mol. The number of ether oxygens (including phenoxy) is 1. The van der Waals surface area contributed by atoms with E-state index in [2.05, 4.69) is 0 Å². The van der Waals surface area contributed by atoms with Crippen LogP contribution in [0.3, 0.4) is 0 Å². The van der Waals surface area contributed by atoms with Gasteiger partial charge in [-0.2, -0.15) is 5.06 Å². The second kappa shape index (κ2) is 6.54. The van der Waals surface area contributed by atoms with Crippen molar-refractivity contribution in [2.24, 2.45) is 0 Å². The normalized spacial score (nSPS) is 20.9. The lowest BCUT2D eigenvalue weighted by molar-refractivity contribution is -0.146. The highest BCUT2D eigenvalue weighted by Crippen LogP contribution is 2.47. The van der Waals surface area contributed by atoms with Crippen molar-refractivity contribution in [3.05, 3.63) is 57.3 Å². The summed E-state index contributed by atoms with van der Waals surface area (Å²) in [6, 6.07) is 9.66. The largest absolute Gasteiger partial charge is 0.467 e. The number of carbonyl (C=O) groups is 3. The fourth-order valence-corrected chi connectivity index (χ4v) is 4.50. The van der Waals surface area contributed by atoms with Crippen molar-refractivity contribution in [2.75, 3.05) is 13.7 Å². The number of hydroxylamine groups is 2. The summed E-state index contributed by atoms with van der Waals surface area (Å²) in [5.41, 5.74) is 1.70. The maximum absolute atomic E-state index is 12.8. The second-order valence-electron chi connectivity index (χ2n) is 6.05. The molecule has 7 nitrogen and oxygen atoms in total. The van der Waals surface area contributed by atoms with Crippen molar-refractivity contribution in [1.82, 2.24) is 9.96 Å². The molecule has 2 aromatic rings. The number of benzene rings is 1. The molecule has 0 N–H and O–H groups in total. The van der Waals surface area contributed by atoms with Gasteiger partial charge in [-0.05, 0) is 17.2 Å². The summed E-state index contributed by atoms with van der Waals surface area (Å²) in [5.74, 6) is -0.526. The quantitative estimate of drug-likeness (QED) is 0.596. The SMILES string of the molecule is COC(=O)[C@@H]1c2sc(C=O)cc2[C@@H]2CN1C(=O)N2OCc1ccccc1. The first-order valence-corrected chi connectivity index (χ1v) is 8.89. The van der Waals surface area contributed by atoms with E-state index in [1.165, 1.54) is 28.4 Å². The Bertz CT molecular complexity index is 866. The van der Waals surface area contributed by atoms with E-state index < -0.39 is 12.0 Å². The van der Waals surface area contributed by atoms with Gasteiger partial charge in [0.05, 0.1) is 18.5 Å². The number of thiophene rings is 1. The number of aldehydes is 1. The Labute approximate surface area is 153 Å². The fraction of sp³-hybridized carbons (Fsp3) is 0.278. The van der Waals surface area contributed by atoms with Crippen molar-refractivity contribution in [3.63, 3.8) is 0 Å². The summed E-state index contributed by atoms with van der Waals surface area (Å²) >= 11 is 1.21. The van der Waals surface area contributed by atoms with Crippen molar-refractivity contribution < 1.29 is 24.0 Å². The van der Waals surface area contributed by atoms with E-state index in [1.807, 2.05) is 30.3 Å². The summed E-state index contributed by atoms with van der Waals surface area (Å²) in [5, 5.41) is 1.30. The maximum atomic E-state index is 12.8. The molecule has 0 aliphatic carbocycles. The molecule has 3 heterocycles. The molecular formula is C18H16N2O5S. The molecule has 1 aromatic heterocycles. The first-order valence-electron chi connectivity index (χ1n) is 8.07. The Hall–Kier alpha value is -2.71. The standard InChI is InChI=1S/C18H16N2O5S/c1-24-17(22)15-16-13(7-12(9-21)26-16)14-8-19(15)18(23)20(14)25-10-11-5-3-2-4-6-11/h2-7,9,14-15H,8,10H2,1H3/t14-,15-/m0/s1. The van der Waals surface area contributed by atoms with E-state index in [-0.39, 0.29) is 18.7 Å². The van der Waals surface area contributed by atoms with Gasteiger partial charge in [-0.3, -0.25) is 9.63 Å². The highest BCUT2D eigenvalue weighted by Gasteiger charge is 2.52. The third kappa shape index (κ3) is 2.58. The smallest absolute Gasteiger partial charge is 0.345 e. The zero-order chi connectivity index (χ0) is 18.3. The summed E-state index contributed by atoms with van der Waals surface area (Å²) in [6.45, 7) is 0.551.